The molecule has 1 unspecified atom stereocenters. The number of nitrogens with zero attached hydrogens (tertiary/aromatic N) is 5. The molecule has 0 aromatic carbocycles. The van der Waals surface area contributed by atoms with E-state index < -0.39 is 23.2 Å². The summed E-state index contributed by atoms with van der Waals surface area (Å²) >= 11 is 6.11. The summed E-state index contributed by atoms with van der Waals surface area (Å²) in [5, 5.41) is 9.95. The summed E-state index contributed by atoms with van der Waals surface area (Å²) in [5.74, 6) is -1.70. The van der Waals surface area contributed by atoms with E-state index in [0.29, 0.717) is 23.9 Å². The molecule has 2 aliphatic rings. The van der Waals surface area contributed by atoms with Gasteiger partial charge in [0.1, 0.15) is 0 Å². The van der Waals surface area contributed by atoms with Gasteiger partial charge in [-0.05, 0) is 58.3 Å². The van der Waals surface area contributed by atoms with E-state index in [4.69, 9.17) is 11.6 Å². The summed E-state index contributed by atoms with van der Waals surface area (Å²) in [6.07, 6.45) is 5.82. The standard InChI is InChI=1S/C22H35ClFN7O3/c1-22(2)16(29(3)4)9-10-31(22)19-17(24)18(25-21(23)26-19)27-28-20(33)15(12-30(34)13-32)11-14-7-5-6-8-14/h13-16,34H,5-12H2,1-4H3,(H,28,33)(H,25,26,27)/t15-,16?/m1/s1. The molecule has 1 aliphatic heterocycles. The van der Waals surface area contributed by atoms with E-state index >= 15 is 4.39 Å². The van der Waals surface area contributed by atoms with Crippen LogP contribution in [0.5, 0.6) is 0 Å². The van der Waals surface area contributed by atoms with E-state index in [2.05, 4.69) is 25.7 Å². The maximum Gasteiger partial charge on any atom is 0.243 e. The van der Waals surface area contributed by atoms with E-state index in [0.717, 1.165) is 32.1 Å². The third-order valence-electron chi connectivity index (χ3n) is 7.12. The van der Waals surface area contributed by atoms with Gasteiger partial charge in [0.15, 0.2) is 11.6 Å². The van der Waals surface area contributed by atoms with E-state index in [9.17, 15) is 14.8 Å². The average Bonchev–Trinajstić information content (AvgIpc) is 3.39. The number of carbonyl (C=O) groups is 2. The zero-order chi connectivity index (χ0) is 25.0. The summed E-state index contributed by atoms with van der Waals surface area (Å²) in [6.45, 7) is 4.49. The summed E-state index contributed by atoms with van der Waals surface area (Å²) in [6, 6.07) is 0.187. The number of likely N-dealkylation sites (N-methyl/N-ethyl adjacent to an activating group) is 1. The number of hydrazine groups is 1. The smallest absolute Gasteiger partial charge is 0.243 e. The second-order valence-electron chi connectivity index (χ2n) is 9.98. The second-order valence-corrected chi connectivity index (χ2v) is 10.3. The minimum Gasteiger partial charge on any atom is -0.347 e. The van der Waals surface area contributed by atoms with Crippen molar-refractivity contribution in [2.45, 2.75) is 64.0 Å². The molecule has 3 N–H and O–H groups in total. The molecule has 0 radical (unpaired) electrons. The molecule has 0 bridgehead atoms. The predicted molar refractivity (Wildman–Crippen MR) is 127 cm³/mol. The molecule has 1 saturated heterocycles. The summed E-state index contributed by atoms with van der Waals surface area (Å²) in [4.78, 5) is 35.8. The van der Waals surface area contributed by atoms with Crippen molar-refractivity contribution in [2.75, 3.05) is 37.5 Å². The highest BCUT2D eigenvalue weighted by molar-refractivity contribution is 6.28. The number of nitrogens with one attached hydrogen (secondary N) is 2. The highest BCUT2D eigenvalue weighted by Crippen LogP contribution is 2.38. The van der Waals surface area contributed by atoms with E-state index in [1.807, 2.05) is 32.8 Å². The van der Waals surface area contributed by atoms with Crippen LogP contribution in [0.25, 0.3) is 0 Å². The number of hydrogen-bond acceptors (Lipinski definition) is 8. The highest BCUT2D eigenvalue weighted by Gasteiger charge is 2.44. The fraction of sp³-hybridized carbons (Fsp3) is 0.727. The largest absolute Gasteiger partial charge is 0.347 e. The van der Waals surface area contributed by atoms with Gasteiger partial charge in [0.2, 0.25) is 23.4 Å². The van der Waals surface area contributed by atoms with Gasteiger partial charge in [-0.2, -0.15) is 14.4 Å². The molecule has 1 aliphatic carbocycles. The summed E-state index contributed by atoms with van der Waals surface area (Å²) < 4.78 is 15.5. The molecule has 2 amide bonds. The third-order valence-corrected chi connectivity index (χ3v) is 7.29. The van der Waals surface area contributed by atoms with Crippen molar-refractivity contribution >= 4 is 35.6 Å². The number of carbonyl (C=O) groups excluding carboxylic acids is 2. The monoisotopic (exact) mass is 499 g/mol. The number of rotatable bonds is 10. The van der Waals surface area contributed by atoms with Crippen molar-refractivity contribution in [1.82, 2.24) is 25.4 Å². The Morgan fingerprint density at radius 1 is 1.32 bits per heavy atom. The molecule has 1 aromatic heterocycles. The number of amides is 2. The lowest BCUT2D eigenvalue weighted by Gasteiger charge is -2.39. The summed E-state index contributed by atoms with van der Waals surface area (Å²) in [5.41, 5.74) is 4.61. The van der Waals surface area contributed by atoms with Crippen molar-refractivity contribution in [3.05, 3.63) is 11.1 Å². The Kier molecular flexibility index (Phi) is 8.53. The molecule has 2 fully saturated rings. The maximum atomic E-state index is 15.5. The van der Waals surface area contributed by atoms with Crippen molar-refractivity contribution < 1.29 is 19.2 Å². The zero-order valence-electron chi connectivity index (χ0n) is 20.2. The Morgan fingerprint density at radius 3 is 2.59 bits per heavy atom. The first kappa shape index (κ1) is 26.4. The Morgan fingerprint density at radius 2 is 2.00 bits per heavy atom. The van der Waals surface area contributed by atoms with Crippen LogP contribution < -0.4 is 15.8 Å². The lowest BCUT2D eigenvalue weighted by molar-refractivity contribution is -0.154. The molecular formula is C22H35ClFN7O3. The Balaban J connectivity index is 1.75. The molecular weight excluding hydrogens is 465 g/mol. The van der Waals surface area contributed by atoms with Crippen molar-refractivity contribution in [3.8, 4) is 0 Å². The van der Waals surface area contributed by atoms with E-state index in [1.165, 1.54) is 0 Å². The van der Waals surface area contributed by atoms with Crippen LogP contribution >= 0.6 is 11.6 Å². The van der Waals surface area contributed by atoms with Crippen LogP contribution in [0.4, 0.5) is 16.0 Å². The van der Waals surface area contributed by atoms with Gasteiger partial charge in [0.05, 0.1) is 18.0 Å². The van der Waals surface area contributed by atoms with Gasteiger partial charge in [0, 0.05) is 12.6 Å². The maximum absolute atomic E-state index is 15.5. The van der Waals surface area contributed by atoms with Crippen LogP contribution in [0.15, 0.2) is 0 Å². The van der Waals surface area contributed by atoms with Crippen molar-refractivity contribution in [3.63, 3.8) is 0 Å². The molecule has 3 rings (SSSR count). The molecule has 10 nitrogen and oxygen atoms in total. The number of halogens is 2. The summed E-state index contributed by atoms with van der Waals surface area (Å²) in [7, 11) is 3.98. The van der Waals surface area contributed by atoms with Crippen molar-refractivity contribution in [1.29, 1.82) is 0 Å². The minimum atomic E-state index is -0.721. The first-order valence-electron chi connectivity index (χ1n) is 11.7. The molecule has 34 heavy (non-hydrogen) atoms. The van der Waals surface area contributed by atoms with Crippen molar-refractivity contribution in [2.24, 2.45) is 11.8 Å². The molecule has 12 heteroatoms. The Labute approximate surface area is 204 Å². The van der Waals surface area contributed by atoms with Crippen LogP contribution in [0.2, 0.25) is 5.28 Å². The zero-order valence-corrected chi connectivity index (χ0v) is 21.0. The van der Waals surface area contributed by atoms with Crippen LogP contribution in [0, 0.1) is 17.7 Å². The van der Waals surface area contributed by atoms with E-state index in [-0.39, 0.29) is 35.9 Å². The van der Waals surface area contributed by atoms with Gasteiger partial charge >= 0.3 is 0 Å². The molecule has 2 heterocycles. The number of anilines is 2. The third kappa shape index (κ3) is 5.87. The van der Waals surface area contributed by atoms with Gasteiger partial charge in [-0.3, -0.25) is 25.6 Å². The van der Waals surface area contributed by atoms with Gasteiger partial charge < -0.3 is 9.80 Å². The van der Waals surface area contributed by atoms with Gasteiger partial charge in [-0.15, -0.1) is 0 Å². The topological polar surface area (TPSA) is 114 Å². The first-order valence-corrected chi connectivity index (χ1v) is 12.1. The molecule has 1 aromatic rings. The number of hydroxylamine groups is 2. The predicted octanol–water partition coefficient (Wildman–Crippen LogP) is 2.68. The number of hydrogen-bond donors (Lipinski definition) is 3. The van der Waals surface area contributed by atoms with Gasteiger partial charge in [-0.1, -0.05) is 25.7 Å². The normalized spacial score (nSPS) is 21.1. The highest BCUT2D eigenvalue weighted by atomic mass is 35.5. The Bertz CT molecular complexity index is 882. The average molecular weight is 500 g/mol. The van der Waals surface area contributed by atoms with Crippen LogP contribution in [-0.4, -0.2) is 76.2 Å². The van der Waals surface area contributed by atoms with Crippen LogP contribution in [-0.2, 0) is 9.59 Å². The lowest BCUT2D eigenvalue weighted by Crippen LogP contribution is -2.51. The fourth-order valence-corrected chi connectivity index (χ4v) is 5.58. The van der Waals surface area contributed by atoms with Crippen LogP contribution in [0.3, 0.4) is 0 Å². The minimum absolute atomic E-state index is 0.0658. The van der Waals surface area contributed by atoms with Gasteiger partial charge in [0.25, 0.3) is 0 Å². The number of aromatic nitrogens is 2. The quantitative estimate of drug-likeness (QED) is 0.195. The fourth-order valence-electron chi connectivity index (χ4n) is 5.42. The van der Waals surface area contributed by atoms with E-state index in [1.54, 1.807) is 0 Å². The lowest BCUT2D eigenvalue weighted by atomic mass is 9.92. The molecule has 1 saturated carbocycles. The van der Waals surface area contributed by atoms with Gasteiger partial charge in [-0.25, -0.2) is 5.06 Å². The molecule has 2 atom stereocenters. The Hall–Kier alpha value is -2.24. The first-order chi connectivity index (χ1) is 16.0. The molecule has 190 valence electrons. The van der Waals surface area contributed by atoms with Crippen LogP contribution in [0.1, 0.15) is 52.4 Å². The molecule has 0 spiro atoms. The second kappa shape index (κ2) is 11.0. The SMILES string of the molecule is CN(C)C1CCN(c2nc(Cl)nc(NNC(=O)[C@H](CC3CCCC3)CN(O)C=O)c2F)C1(C)C.